The maximum Gasteiger partial charge on any atom is 0.238 e. The molecule has 1 fully saturated rings. The number of fused-ring (bicyclic) bond motifs is 1. The summed E-state index contributed by atoms with van der Waals surface area (Å²) in [7, 11) is 0. The third-order valence-electron chi connectivity index (χ3n) is 5.12. The number of nitrogens with zero attached hydrogens (tertiary/aromatic N) is 4. The smallest absolute Gasteiger partial charge is 0.238 e. The number of amides is 1. The summed E-state index contributed by atoms with van der Waals surface area (Å²) < 4.78 is 15.9. The van der Waals surface area contributed by atoms with Crippen molar-refractivity contribution in [2.24, 2.45) is 0 Å². The zero-order valence-electron chi connectivity index (χ0n) is 15.9. The highest BCUT2D eigenvalue weighted by atomic mass is 19.1. The van der Waals surface area contributed by atoms with Crippen LogP contribution in [0.3, 0.4) is 0 Å². The van der Waals surface area contributed by atoms with Crippen LogP contribution < -0.4 is 10.2 Å². The maximum absolute atomic E-state index is 13.7. The van der Waals surface area contributed by atoms with Crippen molar-refractivity contribution in [1.82, 2.24) is 14.5 Å². The number of carbonyl (C=O) groups is 1. The number of nitrogens with one attached hydrogen (secondary N) is 1. The zero-order valence-corrected chi connectivity index (χ0v) is 15.9. The summed E-state index contributed by atoms with van der Waals surface area (Å²) in [6, 6.07) is 14.4. The van der Waals surface area contributed by atoms with Gasteiger partial charge in [-0.25, -0.2) is 9.37 Å². The first-order valence-electron chi connectivity index (χ1n) is 9.62. The van der Waals surface area contributed by atoms with Crippen LogP contribution in [0, 0.1) is 5.82 Å². The minimum Gasteiger partial charge on any atom is -0.340 e. The second-order valence-corrected chi connectivity index (χ2v) is 6.94. The standard InChI is InChI=1S/C21H24FN5O/c1-2-27-19-10-6-5-9-18(19)24-21(27)26-13-11-25(12-14-26)15-20(28)23-17-8-4-3-7-16(17)22/h3-10H,2,11-15H2,1H3,(H,23,28). The van der Waals surface area contributed by atoms with E-state index in [4.69, 9.17) is 4.98 Å². The Bertz CT molecular complexity index is 978. The lowest BCUT2D eigenvalue weighted by atomic mass is 10.3. The van der Waals surface area contributed by atoms with E-state index >= 15 is 0 Å². The number of para-hydroxylation sites is 3. The lowest BCUT2D eigenvalue weighted by Crippen LogP contribution is -2.49. The van der Waals surface area contributed by atoms with Crippen LogP contribution >= 0.6 is 0 Å². The predicted molar refractivity (Wildman–Crippen MR) is 109 cm³/mol. The number of piperazine rings is 1. The lowest BCUT2D eigenvalue weighted by Gasteiger charge is -2.35. The Morgan fingerprint density at radius 3 is 2.54 bits per heavy atom. The average Bonchev–Trinajstić information content (AvgIpc) is 3.09. The van der Waals surface area contributed by atoms with Gasteiger partial charge in [-0.1, -0.05) is 24.3 Å². The average molecular weight is 381 g/mol. The Hall–Kier alpha value is -2.93. The summed E-state index contributed by atoms with van der Waals surface area (Å²) in [5, 5.41) is 2.65. The molecule has 0 atom stereocenters. The number of aryl methyl sites for hydroxylation is 1. The van der Waals surface area contributed by atoms with Crippen LogP contribution in [0.15, 0.2) is 48.5 Å². The van der Waals surface area contributed by atoms with Crippen molar-refractivity contribution in [2.75, 3.05) is 42.9 Å². The van der Waals surface area contributed by atoms with Gasteiger partial charge in [0.15, 0.2) is 0 Å². The zero-order chi connectivity index (χ0) is 19.5. The molecule has 0 spiro atoms. The van der Waals surface area contributed by atoms with Crippen LogP contribution in [0.1, 0.15) is 6.92 Å². The molecule has 2 aromatic carbocycles. The molecule has 146 valence electrons. The van der Waals surface area contributed by atoms with Gasteiger partial charge >= 0.3 is 0 Å². The molecule has 1 aliphatic rings. The minimum atomic E-state index is -0.417. The molecular formula is C21H24FN5O. The van der Waals surface area contributed by atoms with E-state index in [-0.39, 0.29) is 18.1 Å². The molecule has 1 amide bonds. The number of hydrogen-bond acceptors (Lipinski definition) is 4. The van der Waals surface area contributed by atoms with E-state index in [1.165, 1.54) is 6.07 Å². The Morgan fingerprint density at radius 1 is 1.07 bits per heavy atom. The van der Waals surface area contributed by atoms with Crippen molar-refractivity contribution < 1.29 is 9.18 Å². The largest absolute Gasteiger partial charge is 0.340 e. The summed E-state index contributed by atoms with van der Waals surface area (Å²) in [5.41, 5.74) is 2.38. The second-order valence-electron chi connectivity index (χ2n) is 6.94. The number of anilines is 2. The molecule has 0 radical (unpaired) electrons. The van der Waals surface area contributed by atoms with Gasteiger partial charge in [0.1, 0.15) is 5.82 Å². The first kappa shape index (κ1) is 18.4. The molecule has 3 aromatic rings. The molecule has 1 aromatic heterocycles. The molecule has 0 saturated carbocycles. The highest BCUT2D eigenvalue weighted by Crippen LogP contribution is 2.23. The number of halogens is 1. The van der Waals surface area contributed by atoms with Crippen LogP contribution in [0.5, 0.6) is 0 Å². The topological polar surface area (TPSA) is 53.4 Å². The summed E-state index contributed by atoms with van der Waals surface area (Å²) in [6.07, 6.45) is 0. The van der Waals surface area contributed by atoms with Gasteiger partial charge in [-0.15, -0.1) is 0 Å². The van der Waals surface area contributed by atoms with Crippen molar-refractivity contribution in [3.8, 4) is 0 Å². The molecular weight excluding hydrogens is 357 g/mol. The van der Waals surface area contributed by atoms with E-state index in [1.807, 2.05) is 18.2 Å². The summed E-state index contributed by atoms with van der Waals surface area (Å²) in [5.74, 6) is 0.373. The normalized spacial score (nSPS) is 15.1. The molecule has 2 heterocycles. The number of benzene rings is 2. The monoisotopic (exact) mass is 381 g/mol. The van der Waals surface area contributed by atoms with E-state index in [0.717, 1.165) is 49.7 Å². The van der Waals surface area contributed by atoms with Gasteiger partial charge in [-0.2, -0.15) is 0 Å². The highest BCUT2D eigenvalue weighted by Gasteiger charge is 2.23. The molecule has 0 unspecified atom stereocenters. The quantitative estimate of drug-likeness (QED) is 0.738. The molecule has 1 aliphatic heterocycles. The van der Waals surface area contributed by atoms with E-state index in [0.29, 0.717) is 0 Å². The molecule has 4 rings (SSSR count). The van der Waals surface area contributed by atoms with Gasteiger partial charge in [0, 0.05) is 32.7 Å². The van der Waals surface area contributed by atoms with Crippen LogP contribution in [0.4, 0.5) is 16.0 Å². The molecule has 6 nitrogen and oxygen atoms in total. The van der Waals surface area contributed by atoms with Gasteiger partial charge in [-0.05, 0) is 31.2 Å². The number of carbonyl (C=O) groups excluding carboxylic acids is 1. The van der Waals surface area contributed by atoms with Crippen LogP contribution in [0.2, 0.25) is 0 Å². The molecule has 1 N–H and O–H groups in total. The predicted octanol–water partition coefficient (Wildman–Crippen LogP) is 2.96. The van der Waals surface area contributed by atoms with Crippen LogP contribution in [-0.2, 0) is 11.3 Å². The van der Waals surface area contributed by atoms with Crippen LogP contribution in [0.25, 0.3) is 11.0 Å². The number of aromatic nitrogens is 2. The van der Waals surface area contributed by atoms with Gasteiger partial charge in [0.05, 0.1) is 23.3 Å². The van der Waals surface area contributed by atoms with E-state index < -0.39 is 5.82 Å². The van der Waals surface area contributed by atoms with E-state index in [9.17, 15) is 9.18 Å². The van der Waals surface area contributed by atoms with E-state index in [1.54, 1.807) is 18.2 Å². The molecule has 7 heteroatoms. The molecule has 0 aliphatic carbocycles. The Balaban J connectivity index is 1.37. The maximum atomic E-state index is 13.7. The number of rotatable bonds is 5. The third-order valence-corrected chi connectivity index (χ3v) is 5.12. The van der Waals surface area contributed by atoms with Crippen molar-refractivity contribution in [2.45, 2.75) is 13.5 Å². The second kappa shape index (κ2) is 7.98. The van der Waals surface area contributed by atoms with Crippen molar-refractivity contribution in [1.29, 1.82) is 0 Å². The molecule has 28 heavy (non-hydrogen) atoms. The third kappa shape index (κ3) is 3.71. The first-order valence-corrected chi connectivity index (χ1v) is 9.62. The fourth-order valence-electron chi connectivity index (χ4n) is 3.68. The summed E-state index contributed by atoms with van der Waals surface area (Å²) in [4.78, 5) is 21.4. The van der Waals surface area contributed by atoms with Crippen molar-refractivity contribution >= 4 is 28.6 Å². The van der Waals surface area contributed by atoms with Gasteiger partial charge in [0.25, 0.3) is 0 Å². The Kier molecular flexibility index (Phi) is 5.25. The van der Waals surface area contributed by atoms with Gasteiger partial charge < -0.3 is 14.8 Å². The Labute approximate surface area is 163 Å². The lowest BCUT2D eigenvalue weighted by molar-refractivity contribution is -0.117. The van der Waals surface area contributed by atoms with E-state index in [2.05, 4.69) is 32.7 Å². The molecule has 0 bridgehead atoms. The summed E-state index contributed by atoms with van der Waals surface area (Å²) >= 11 is 0. The fraction of sp³-hybridized carbons (Fsp3) is 0.333. The van der Waals surface area contributed by atoms with Crippen molar-refractivity contribution in [3.05, 3.63) is 54.3 Å². The highest BCUT2D eigenvalue weighted by molar-refractivity contribution is 5.92. The number of imidazole rings is 1. The minimum absolute atomic E-state index is 0.195. The fourth-order valence-corrected chi connectivity index (χ4v) is 3.68. The first-order chi connectivity index (χ1) is 13.7. The van der Waals surface area contributed by atoms with Gasteiger partial charge in [-0.3, -0.25) is 9.69 Å². The SMILES string of the molecule is CCn1c(N2CCN(CC(=O)Nc3ccccc3F)CC2)nc2ccccc21. The number of hydrogen-bond donors (Lipinski definition) is 1. The van der Waals surface area contributed by atoms with Crippen molar-refractivity contribution in [3.63, 3.8) is 0 Å². The molecule has 1 saturated heterocycles. The summed E-state index contributed by atoms with van der Waals surface area (Å²) in [6.45, 7) is 6.37. The van der Waals surface area contributed by atoms with Gasteiger partial charge in [0.2, 0.25) is 11.9 Å². The Morgan fingerprint density at radius 2 is 1.79 bits per heavy atom. The van der Waals surface area contributed by atoms with Crippen LogP contribution in [-0.4, -0.2) is 53.1 Å².